The second-order valence-corrected chi connectivity index (χ2v) is 5.84. The number of rotatable bonds is 3. The van der Waals surface area contributed by atoms with Crippen LogP contribution >= 0.6 is 0 Å². The summed E-state index contributed by atoms with van der Waals surface area (Å²) in [5, 5.41) is 2.76. The molecule has 0 aromatic heterocycles. The zero-order valence-electron chi connectivity index (χ0n) is 13.3. The third-order valence-electron chi connectivity index (χ3n) is 4.30. The average Bonchev–Trinajstić information content (AvgIpc) is 2.50. The second-order valence-electron chi connectivity index (χ2n) is 5.84. The molecule has 2 rings (SSSR count). The molecular formula is C16H23FN3O2+. The largest absolute Gasteiger partial charge is 0.332 e. The molecule has 1 saturated heterocycles. The second kappa shape index (κ2) is 6.87. The van der Waals surface area contributed by atoms with Crippen molar-refractivity contribution in [1.82, 2.24) is 4.90 Å². The minimum Gasteiger partial charge on any atom is -0.332 e. The van der Waals surface area contributed by atoms with Crippen LogP contribution in [0.2, 0.25) is 0 Å². The molecule has 120 valence electrons. The Hall–Kier alpha value is -1.95. The predicted molar refractivity (Wildman–Crippen MR) is 82.2 cm³/mol. The zero-order chi connectivity index (χ0) is 16.3. The van der Waals surface area contributed by atoms with E-state index in [2.05, 4.69) is 5.32 Å². The molecule has 0 aliphatic carbocycles. The standard InChI is InChI=1S/C16H22FN3O2/c1-11-4-5-14(10-15(11)17)18-16(22)12(2)19-6-8-20(9-7-19)13(3)21/h4-5,10,12H,6-9H2,1-3H3,(H,18,22)/p+1/t12-/m0/s1. The number of piperazine rings is 1. The number of carbonyl (C=O) groups excluding carboxylic acids is 2. The number of quaternary nitrogens is 1. The van der Waals surface area contributed by atoms with E-state index in [1.807, 2.05) is 6.92 Å². The summed E-state index contributed by atoms with van der Waals surface area (Å²) in [6, 6.07) is 4.45. The molecule has 0 unspecified atom stereocenters. The van der Waals surface area contributed by atoms with Gasteiger partial charge in [-0.25, -0.2) is 4.39 Å². The third kappa shape index (κ3) is 3.82. The number of benzene rings is 1. The highest BCUT2D eigenvalue weighted by atomic mass is 19.1. The van der Waals surface area contributed by atoms with Gasteiger partial charge in [-0.15, -0.1) is 0 Å². The van der Waals surface area contributed by atoms with Gasteiger partial charge in [0.05, 0.1) is 26.2 Å². The number of nitrogens with zero attached hydrogens (tertiary/aromatic N) is 1. The maximum Gasteiger partial charge on any atom is 0.282 e. The Kier molecular flexibility index (Phi) is 5.13. The van der Waals surface area contributed by atoms with Crippen LogP contribution < -0.4 is 10.2 Å². The van der Waals surface area contributed by atoms with Gasteiger partial charge in [0, 0.05) is 12.6 Å². The molecule has 1 fully saturated rings. The number of amides is 2. The molecule has 22 heavy (non-hydrogen) atoms. The number of nitrogens with one attached hydrogen (secondary N) is 2. The molecule has 0 radical (unpaired) electrons. The number of carbonyl (C=O) groups is 2. The van der Waals surface area contributed by atoms with Crippen molar-refractivity contribution >= 4 is 17.5 Å². The summed E-state index contributed by atoms with van der Waals surface area (Å²) in [6.45, 7) is 7.93. The lowest BCUT2D eigenvalue weighted by molar-refractivity contribution is -0.917. The van der Waals surface area contributed by atoms with Crippen LogP contribution in [0.5, 0.6) is 0 Å². The van der Waals surface area contributed by atoms with Gasteiger partial charge in [0.2, 0.25) is 5.91 Å². The Morgan fingerprint density at radius 2 is 1.95 bits per heavy atom. The minimum atomic E-state index is -0.326. The SMILES string of the molecule is CC(=O)N1CC[NH+]([C@@H](C)C(=O)Nc2ccc(C)c(F)c2)CC1. The fourth-order valence-electron chi connectivity index (χ4n) is 2.65. The van der Waals surface area contributed by atoms with Crippen molar-refractivity contribution in [2.24, 2.45) is 0 Å². The van der Waals surface area contributed by atoms with Crippen LogP contribution in [0.15, 0.2) is 18.2 Å². The molecule has 1 atom stereocenters. The Morgan fingerprint density at radius 1 is 1.32 bits per heavy atom. The Morgan fingerprint density at radius 3 is 2.50 bits per heavy atom. The summed E-state index contributed by atoms with van der Waals surface area (Å²) < 4.78 is 13.5. The number of aryl methyl sites for hydroxylation is 1. The van der Waals surface area contributed by atoms with Gasteiger partial charge in [0.15, 0.2) is 6.04 Å². The molecule has 0 saturated carbocycles. The fourth-order valence-corrected chi connectivity index (χ4v) is 2.65. The number of hydrogen-bond donors (Lipinski definition) is 2. The van der Waals surface area contributed by atoms with E-state index in [1.165, 1.54) is 6.07 Å². The average molecular weight is 308 g/mol. The van der Waals surface area contributed by atoms with Crippen molar-refractivity contribution in [1.29, 1.82) is 0 Å². The highest BCUT2D eigenvalue weighted by Gasteiger charge is 2.29. The van der Waals surface area contributed by atoms with Gasteiger partial charge in [-0.3, -0.25) is 9.59 Å². The van der Waals surface area contributed by atoms with Crippen molar-refractivity contribution < 1.29 is 18.9 Å². The van der Waals surface area contributed by atoms with E-state index < -0.39 is 0 Å². The molecule has 5 nitrogen and oxygen atoms in total. The van der Waals surface area contributed by atoms with E-state index in [0.717, 1.165) is 18.0 Å². The molecule has 2 amide bonds. The quantitative estimate of drug-likeness (QED) is 0.839. The van der Waals surface area contributed by atoms with Crippen molar-refractivity contribution in [2.45, 2.75) is 26.8 Å². The van der Waals surface area contributed by atoms with E-state index in [9.17, 15) is 14.0 Å². The first-order chi connectivity index (χ1) is 10.4. The first kappa shape index (κ1) is 16.4. The Labute approximate surface area is 130 Å². The van der Waals surface area contributed by atoms with E-state index in [0.29, 0.717) is 24.3 Å². The van der Waals surface area contributed by atoms with E-state index >= 15 is 0 Å². The molecule has 1 aromatic carbocycles. The molecule has 1 aliphatic heterocycles. The van der Waals surface area contributed by atoms with Crippen LogP contribution in [0.4, 0.5) is 10.1 Å². The van der Waals surface area contributed by atoms with Crippen molar-refractivity contribution in [3.63, 3.8) is 0 Å². The monoisotopic (exact) mass is 308 g/mol. The topological polar surface area (TPSA) is 53.9 Å². The highest BCUT2D eigenvalue weighted by Crippen LogP contribution is 2.13. The van der Waals surface area contributed by atoms with Crippen molar-refractivity contribution in [2.75, 3.05) is 31.5 Å². The molecule has 1 heterocycles. The van der Waals surface area contributed by atoms with Crippen LogP contribution in [0.25, 0.3) is 0 Å². The molecule has 6 heteroatoms. The smallest absolute Gasteiger partial charge is 0.282 e. The lowest BCUT2D eigenvalue weighted by Gasteiger charge is -2.34. The zero-order valence-corrected chi connectivity index (χ0v) is 13.3. The van der Waals surface area contributed by atoms with Gasteiger partial charge < -0.3 is 15.1 Å². The Balaban J connectivity index is 1.92. The first-order valence-corrected chi connectivity index (χ1v) is 7.55. The normalized spacial score (nSPS) is 17.2. The summed E-state index contributed by atoms with van der Waals surface area (Å²) in [6.07, 6.45) is 0. The van der Waals surface area contributed by atoms with Gasteiger partial charge in [-0.05, 0) is 31.5 Å². The number of hydrogen-bond acceptors (Lipinski definition) is 2. The van der Waals surface area contributed by atoms with Crippen LogP contribution in [0.3, 0.4) is 0 Å². The molecule has 1 aliphatic rings. The van der Waals surface area contributed by atoms with Crippen molar-refractivity contribution in [3.05, 3.63) is 29.6 Å². The first-order valence-electron chi connectivity index (χ1n) is 7.55. The predicted octanol–water partition coefficient (Wildman–Crippen LogP) is 0.208. The molecule has 2 N–H and O–H groups in total. The van der Waals surface area contributed by atoms with E-state index in [-0.39, 0.29) is 23.7 Å². The summed E-state index contributed by atoms with van der Waals surface area (Å²) in [4.78, 5) is 26.5. The maximum atomic E-state index is 13.5. The fraction of sp³-hybridized carbons (Fsp3) is 0.500. The summed E-state index contributed by atoms with van der Waals surface area (Å²) in [5.74, 6) is -0.381. The number of anilines is 1. The summed E-state index contributed by atoms with van der Waals surface area (Å²) in [5.41, 5.74) is 1.03. The van der Waals surface area contributed by atoms with Crippen LogP contribution in [-0.2, 0) is 9.59 Å². The van der Waals surface area contributed by atoms with Gasteiger partial charge in [-0.1, -0.05) is 6.07 Å². The molecule has 0 bridgehead atoms. The maximum absolute atomic E-state index is 13.5. The van der Waals surface area contributed by atoms with Gasteiger partial charge in [0.25, 0.3) is 5.91 Å². The van der Waals surface area contributed by atoms with Crippen molar-refractivity contribution in [3.8, 4) is 0 Å². The van der Waals surface area contributed by atoms with Crippen LogP contribution in [-0.4, -0.2) is 48.9 Å². The van der Waals surface area contributed by atoms with Crippen LogP contribution in [0, 0.1) is 12.7 Å². The van der Waals surface area contributed by atoms with Gasteiger partial charge in [0.1, 0.15) is 5.82 Å². The van der Waals surface area contributed by atoms with Gasteiger partial charge in [-0.2, -0.15) is 0 Å². The van der Waals surface area contributed by atoms with Crippen LogP contribution in [0.1, 0.15) is 19.4 Å². The Bertz CT molecular complexity index is 569. The molecule has 0 spiro atoms. The minimum absolute atomic E-state index is 0.0753. The molecule has 1 aromatic rings. The highest BCUT2D eigenvalue weighted by molar-refractivity contribution is 5.93. The third-order valence-corrected chi connectivity index (χ3v) is 4.30. The lowest BCUT2D eigenvalue weighted by Crippen LogP contribution is -3.19. The summed E-state index contributed by atoms with van der Waals surface area (Å²) in [7, 11) is 0. The van der Waals surface area contributed by atoms with E-state index in [1.54, 1.807) is 30.9 Å². The van der Waals surface area contributed by atoms with E-state index in [4.69, 9.17) is 0 Å². The number of halogens is 1. The summed E-state index contributed by atoms with van der Waals surface area (Å²) >= 11 is 0. The lowest BCUT2D eigenvalue weighted by atomic mass is 10.2. The molecular weight excluding hydrogens is 285 g/mol. The van der Waals surface area contributed by atoms with Gasteiger partial charge >= 0.3 is 0 Å².